The number of aryl methyl sites for hydroxylation is 1. The molecular weight excluding hydrogens is 198 g/mol. The molecular formula is C14H11NO. The Labute approximate surface area is 94.0 Å². The summed E-state index contributed by atoms with van der Waals surface area (Å²) in [6.45, 7) is 0. The van der Waals surface area contributed by atoms with Gasteiger partial charge in [0.15, 0.2) is 5.78 Å². The minimum absolute atomic E-state index is 0.0694. The van der Waals surface area contributed by atoms with Gasteiger partial charge >= 0.3 is 0 Å². The van der Waals surface area contributed by atoms with Crippen molar-refractivity contribution in [2.45, 2.75) is 12.8 Å². The first-order chi connectivity index (χ1) is 7.83. The number of aliphatic imine (C=N–C) groups is 1. The third-order valence-corrected chi connectivity index (χ3v) is 2.95. The number of allylic oxidation sites excluding steroid dienone is 4. The van der Waals surface area contributed by atoms with E-state index >= 15 is 0 Å². The van der Waals surface area contributed by atoms with Crippen LogP contribution in [0.15, 0.2) is 53.1 Å². The fraction of sp³-hybridized carbons (Fsp3) is 0.143. The monoisotopic (exact) mass is 209 g/mol. The van der Waals surface area contributed by atoms with E-state index in [1.165, 1.54) is 5.56 Å². The van der Waals surface area contributed by atoms with Crippen LogP contribution >= 0.6 is 0 Å². The Balaban J connectivity index is 2.12. The van der Waals surface area contributed by atoms with Gasteiger partial charge in [-0.3, -0.25) is 4.79 Å². The number of carbonyl (C=O) groups excluding carboxylic acids is 1. The lowest BCUT2D eigenvalue weighted by atomic mass is 9.98. The average molecular weight is 209 g/mol. The molecule has 3 rings (SSSR count). The van der Waals surface area contributed by atoms with Gasteiger partial charge in [-0.1, -0.05) is 18.2 Å². The highest BCUT2D eigenvalue weighted by molar-refractivity contribution is 6.20. The molecule has 0 saturated heterocycles. The number of para-hydroxylation sites is 1. The molecule has 1 aromatic rings. The Bertz CT molecular complexity index is 550. The summed E-state index contributed by atoms with van der Waals surface area (Å²) in [5, 5.41) is 0. The van der Waals surface area contributed by atoms with Gasteiger partial charge in [0.25, 0.3) is 0 Å². The smallest absolute Gasteiger partial charge is 0.179 e. The molecule has 16 heavy (non-hydrogen) atoms. The van der Waals surface area contributed by atoms with Crippen LogP contribution in [-0.2, 0) is 11.2 Å². The molecule has 0 fully saturated rings. The number of benzene rings is 1. The van der Waals surface area contributed by atoms with Crippen molar-refractivity contribution < 1.29 is 4.79 Å². The van der Waals surface area contributed by atoms with Gasteiger partial charge in [-0.05, 0) is 48.3 Å². The first-order valence-corrected chi connectivity index (χ1v) is 5.42. The number of ketones is 1. The lowest BCUT2D eigenvalue weighted by Crippen LogP contribution is -2.07. The van der Waals surface area contributed by atoms with Crippen LogP contribution in [0.1, 0.15) is 12.0 Å². The second kappa shape index (κ2) is 3.56. The van der Waals surface area contributed by atoms with Crippen LogP contribution in [0.3, 0.4) is 0 Å². The van der Waals surface area contributed by atoms with Crippen molar-refractivity contribution >= 4 is 17.2 Å². The van der Waals surface area contributed by atoms with Gasteiger partial charge in [0, 0.05) is 0 Å². The van der Waals surface area contributed by atoms with Crippen molar-refractivity contribution in [3.8, 4) is 0 Å². The molecule has 0 atom stereocenters. The molecule has 1 heterocycles. The molecule has 0 saturated carbocycles. The van der Waals surface area contributed by atoms with E-state index in [1.54, 1.807) is 12.2 Å². The largest absolute Gasteiger partial charge is 0.290 e. The molecule has 1 aliphatic heterocycles. The number of rotatable bonds is 0. The summed E-state index contributed by atoms with van der Waals surface area (Å²) >= 11 is 0. The lowest BCUT2D eigenvalue weighted by Gasteiger charge is -2.06. The molecule has 0 radical (unpaired) electrons. The topological polar surface area (TPSA) is 29.4 Å². The zero-order valence-corrected chi connectivity index (χ0v) is 8.81. The van der Waals surface area contributed by atoms with Gasteiger partial charge in [0.05, 0.1) is 11.4 Å². The summed E-state index contributed by atoms with van der Waals surface area (Å²) in [5.74, 6) is 0.0694. The van der Waals surface area contributed by atoms with Crippen LogP contribution in [0.25, 0.3) is 0 Å². The Morgan fingerprint density at radius 3 is 2.88 bits per heavy atom. The molecule has 78 valence electrons. The Morgan fingerprint density at radius 1 is 1.06 bits per heavy atom. The summed E-state index contributed by atoms with van der Waals surface area (Å²) in [5.41, 5.74) is 4.28. The first-order valence-electron chi connectivity index (χ1n) is 5.42. The maximum Gasteiger partial charge on any atom is 0.179 e. The number of hydrogen-bond donors (Lipinski definition) is 0. The van der Waals surface area contributed by atoms with Crippen molar-refractivity contribution in [2.24, 2.45) is 4.99 Å². The quantitative estimate of drug-likeness (QED) is 0.604. The highest BCUT2D eigenvalue weighted by Crippen LogP contribution is 2.28. The molecule has 0 aromatic heterocycles. The van der Waals surface area contributed by atoms with Crippen molar-refractivity contribution in [1.82, 2.24) is 0 Å². The molecule has 0 spiro atoms. The standard InChI is InChI=1S/C14H11NO/c16-12-7-8-14-11(9-12)6-5-10-3-1-2-4-13(10)15-14/h1-4,7-9H,5-6H2. The van der Waals surface area contributed by atoms with E-state index in [-0.39, 0.29) is 5.78 Å². The van der Waals surface area contributed by atoms with E-state index < -0.39 is 0 Å². The van der Waals surface area contributed by atoms with Crippen molar-refractivity contribution in [3.05, 3.63) is 53.6 Å². The summed E-state index contributed by atoms with van der Waals surface area (Å²) in [4.78, 5) is 15.9. The number of hydrogen-bond acceptors (Lipinski definition) is 2. The summed E-state index contributed by atoms with van der Waals surface area (Å²) in [6.07, 6.45) is 6.95. The van der Waals surface area contributed by atoms with Gasteiger partial charge in [0.2, 0.25) is 0 Å². The second-order valence-electron chi connectivity index (χ2n) is 4.03. The number of fused-ring (bicyclic) bond motifs is 2. The summed E-state index contributed by atoms with van der Waals surface area (Å²) < 4.78 is 0. The van der Waals surface area contributed by atoms with Crippen molar-refractivity contribution in [3.63, 3.8) is 0 Å². The highest BCUT2D eigenvalue weighted by atomic mass is 16.1. The molecule has 2 heteroatoms. The van der Waals surface area contributed by atoms with Crippen LogP contribution in [0, 0.1) is 0 Å². The van der Waals surface area contributed by atoms with Gasteiger partial charge in [-0.2, -0.15) is 0 Å². The number of carbonyl (C=O) groups is 1. The molecule has 1 aromatic carbocycles. The van der Waals surface area contributed by atoms with Crippen molar-refractivity contribution in [1.29, 1.82) is 0 Å². The van der Waals surface area contributed by atoms with E-state index in [2.05, 4.69) is 11.1 Å². The molecule has 0 amide bonds. The maximum absolute atomic E-state index is 11.3. The molecule has 0 unspecified atom stereocenters. The summed E-state index contributed by atoms with van der Waals surface area (Å²) in [7, 11) is 0. The van der Waals surface area contributed by atoms with E-state index in [1.807, 2.05) is 24.3 Å². The van der Waals surface area contributed by atoms with Gasteiger partial charge < -0.3 is 0 Å². The molecule has 0 N–H and O–H groups in total. The van der Waals surface area contributed by atoms with Gasteiger partial charge in [-0.25, -0.2) is 4.99 Å². The van der Waals surface area contributed by atoms with E-state index in [0.717, 1.165) is 29.8 Å². The Hall–Kier alpha value is -1.96. The van der Waals surface area contributed by atoms with E-state index in [0.29, 0.717) is 0 Å². The van der Waals surface area contributed by atoms with Crippen LogP contribution in [0.2, 0.25) is 0 Å². The van der Waals surface area contributed by atoms with Crippen LogP contribution in [-0.4, -0.2) is 11.5 Å². The fourth-order valence-corrected chi connectivity index (χ4v) is 2.10. The molecule has 1 aliphatic carbocycles. The SMILES string of the molecule is O=C1C=CC2=Nc3ccccc3CCC2=C1. The Morgan fingerprint density at radius 2 is 1.94 bits per heavy atom. The third-order valence-electron chi connectivity index (χ3n) is 2.95. The second-order valence-corrected chi connectivity index (χ2v) is 4.03. The zero-order valence-electron chi connectivity index (χ0n) is 8.81. The number of nitrogens with zero attached hydrogens (tertiary/aromatic N) is 1. The average Bonchev–Trinajstić information content (AvgIpc) is 2.48. The first kappa shape index (κ1) is 9.28. The lowest BCUT2D eigenvalue weighted by molar-refractivity contribution is -0.110. The van der Waals surface area contributed by atoms with Crippen molar-refractivity contribution in [2.75, 3.05) is 0 Å². The molecule has 0 bridgehead atoms. The van der Waals surface area contributed by atoms with Crippen LogP contribution < -0.4 is 0 Å². The normalized spacial score (nSPS) is 18.1. The fourth-order valence-electron chi connectivity index (χ4n) is 2.10. The van der Waals surface area contributed by atoms with Crippen LogP contribution in [0.5, 0.6) is 0 Å². The molecule has 2 aliphatic rings. The minimum atomic E-state index is 0.0694. The molecule has 2 nitrogen and oxygen atoms in total. The maximum atomic E-state index is 11.3. The third kappa shape index (κ3) is 1.52. The predicted molar refractivity (Wildman–Crippen MR) is 64.1 cm³/mol. The zero-order chi connectivity index (χ0) is 11.0. The Kier molecular flexibility index (Phi) is 2.07. The van der Waals surface area contributed by atoms with Gasteiger partial charge in [0.1, 0.15) is 0 Å². The predicted octanol–water partition coefficient (Wildman–Crippen LogP) is 2.77. The van der Waals surface area contributed by atoms with Gasteiger partial charge in [-0.15, -0.1) is 0 Å². The van der Waals surface area contributed by atoms with Crippen LogP contribution in [0.4, 0.5) is 5.69 Å². The highest BCUT2D eigenvalue weighted by Gasteiger charge is 2.16. The van der Waals surface area contributed by atoms with E-state index in [4.69, 9.17) is 0 Å². The summed E-state index contributed by atoms with van der Waals surface area (Å²) in [6, 6.07) is 8.15. The minimum Gasteiger partial charge on any atom is -0.290 e. The van der Waals surface area contributed by atoms with E-state index in [9.17, 15) is 4.79 Å².